The van der Waals surface area contributed by atoms with Crippen LogP contribution in [0.1, 0.15) is 19.8 Å². The molecule has 0 saturated heterocycles. The summed E-state index contributed by atoms with van der Waals surface area (Å²) in [6.07, 6.45) is 7.04. The maximum atomic E-state index is 11.4. The molecule has 1 amide bonds. The Morgan fingerprint density at radius 2 is 2.50 bits per heavy atom. The van der Waals surface area contributed by atoms with Gasteiger partial charge in [-0.2, -0.15) is 0 Å². The second-order valence-electron chi connectivity index (χ2n) is 2.73. The van der Waals surface area contributed by atoms with E-state index in [1.165, 1.54) is 0 Å². The third-order valence-electron chi connectivity index (χ3n) is 1.69. The van der Waals surface area contributed by atoms with E-state index in [-0.39, 0.29) is 5.91 Å². The van der Waals surface area contributed by atoms with Crippen LogP contribution >= 0.6 is 0 Å². The van der Waals surface area contributed by atoms with E-state index in [0.29, 0.717) is 19.5 Å². The first-order valence-corrected chi connectivity index (χ1v) is 4.29. The molecule has 0 bridgehead atoms. The fourth-order valence-corrected chi connectivity index (χ4v) is 1.06. The summed E-state index contributed by atoms with van der Waals surface area (Å²) in [5, 5.41) is 0. The molecule has 66 valence electrons. The number of carbonyl (C=O) groups is 1. The van der Waals surface area contributed by atoms with Gasteiger partial charge < -0.3 is 4.90 Å². The van der Waals surface area contributed by atoms with E-state index in [9.17, 15) is 4.79 Å². The minimum absolute atomic E-state index is 0.183. The van der Waals surface area contributed by atoms with Crippen LogP contribution < -0.4 is 0 Å². The number of amides is 1. The Morgan fingerprint density at radius 3 is 3.25 bits per heavy atom. The lowest BCUT2D eigenvalue weighted by Crippen LogP contribution is -2.26. The molecule has 1 heterocycles. The van der Waals surface area contributed by atoms with E-state index in [4.69, 9.17) is 0 Å². The molecule has 0 saturated carbocycles. The average Bonchev–Trinajstić information content (AvgIpc) is 2.32. The van der Waals surface area contributed by atoms with Crippen molar-refractivity contribution in [2.24, 2.45) is 4.99 Å². The molecule has 1 aliphatic rings. The Balaban J connectivity index is 2.49. The van der Waals surface area contributed by atoms with E-state index >= 15 is 0 Å². The molecule has 0 N–H and O–H groups in total. The lowest BCUT2D eigenvalue weighted by atomic mass is 10.3. The lowest BCUT2D eigenvalue weighted by Gasteiger charge is -2.13. The van der Waals surface area contributed by atoms with Gasteiger partial charge in [-0.15, -0.1) is 0 Å². The molecule has 0 atom stereocenters. The summed E-state index contributed by atoms with van der Waals surface area (Å²) in [5.41, 5.74) is 0. The highest BCUT2D eigenvalue weighted by Crippen LogP contribution is 1.99. The van der Waals surface area contributed by atoms with Crippen LogP contribution in [0.5, 0.6) is 0 Å². The predicted molar refractivity (Wildman–Crippen MR) is 49.1 cm³/mol. The summed E-state index contributed by atoms with van der Waals surface area (Å²) in [6.45, 7) is 3.32. The van der Waals surface area contributed by atoms with Crippen molar-refractivity contribution in [3.8, 4) is 0 Å². The van der Waals surface area contributed by atoms with Gasteiger partial charge in [-0.1, -0.05) is 6.92 Å². The zero-order chi connectivity index (χ0) is 8.81. The van der Waals surface area contributed by atoms with Crippen LogP contribution in [0, 0.1) is 0 Å². The summed E-state index contributed by atoms with van der Waals surface area (Å²) in [7, 11) is 0. The second-order valence-corrected chi connectivity index (χ2v) is 2.73. The maximum Gasteiger partial charge on any atom is 0.226 e. The summed E-state index contributed by atoms with van der Waals surface area (Å²) in [4.78, 5) is 17.1. The second kappa shape index (κ2) is 4.70. The SMILES string of the molecule is CCCC(=O)N1C=CCN=CC1. The Morgan fingerprint density at radius 1 is 1.67 bits per heavy atom. The van der Waals surface area contributed by atoms with Crippen molar-refractivity contribution in [3.05, 3.63) is 12.3 Å². The van der Waals surface area contributed by atoms with Gasteiger partial charge in [0.2, 0.25) is 5.91 Å². The topological polar surface area (TPSA) is 32.7 Å². The van der Waals surface area contributed by atoms with Gasteiger partial charge in [0, 0.05) is 18.8 Å². The fourth-order valence-electron chi connectivity index (χ4n) is 1.06. The molecule has 0 aromatic rings. The third-order valence-corrected chi connectivity index (χ3v) is 1.69. The Hall–Kier alpha value is -1.12. The molecule has 0 aromatic carbocycles. The fraction of sp³-hybridized carbons (Fsp3) is 0.556. The molecular formula is C9H14N2O. The molecule has 1 rings (SSSR count). The summed E-state index contributed by atoms with van der Waals surface area (Å²) in [6, 6.07) is 0. The first-order valence-electron chi connectivity index (χ1n) is 4.29. The molecule has 3 nitrogen and oxygen atoms in total. The van der Waals surface area contributed by atoms with Crippen molar-refractivity contribution in [3.63, 3.8) is 0 Å². The van der Waals surface area contributed by atoms with Crippen molar-refractivity contribution in [1.82, 2.24) is 4.90 Å². The van der Waals surface area contributed by atoms with Crippen molar-refractivity contribution >= 4 is 12.1 Å². The summed E-state index contributed by atoms with van der Waals surface area (Å²) in [5.74, 6) is 0.183. The van der Waals surface area contributed by atoms with Gasteiger partial charge in [0.05, 0.1) is 13.1 Å². The van der Waals surface area contributed by atoms with Gasteiger partial charge in [-0.3, -0.25) is 9.79 Å². The molecule has 0 aliphatic carbocycles. The van der Waals surface area contributed by atoms with Crippen LogP contribution in [0.3, 0.4) is 0 Å². The molecule has 12 heavy (non-hydrogen) atoms. The monoisotopic (exact) mass is 166 g/mol. The smallest absolute Gasteiger partial charge is 0.226 e. The lowest BCUT2D eigenvalue weighted by molar-refractivity contribution is -0.128. The Kier molecular flexibility index (Phi) is 3.51. The highest BCUT2D eigenvalue weighted by Gasteiger charge is 2.08. The molecule has 3 heteroatoms. The van der Waals surface area contributed by atoms with E-state index in [0.717, 1.165) is 6.42 Å². The Labute approximate surface area is 72.8 Å². The maximum absolute atomic E-state index is 11.4. The Bertz CT molecular complexity index is 209. The van der Waals surface area contributed by atoms with Gasteiger partial charge in [0.15, 0.2) is 0 Å². The molecule has 0 spiro atoms. The highest BCUT2D eigenvalue weighted by atomic mass is 16.2. The summed E-state index contributed by atoms with van der Waals surface area (Å²) >= 11 is 0. The largest absolute Gasteiger partial charge is 0.314 e. The van der Waals surface area contributed by atoms with E-state index in [2.05, 4.69) is 4.99 Å². The van der Waals surface area contributed by atoms with E-state index < -0.39 is 0 Å². The molecular weight excluding hydrogens is 152 g/mol. The summed E-state index contributed by atoms with van der Waals surface area (Å²) < 4.78 is 0. The first-order chi connectivity index (χ1) is 5.84. The van der Waals surface area contributed by atoms with Gasteiger partial charge in [0.1, 0.15) is 0 Å². The number of hydrogen-bond donors (Lipinski definition) is 0. The van der Waals surface area contributed by atoms with Gasteiger partial charge in [-0.05, 0) is 12.5 Å². The van der Waals surface area contributed by atoms with Crippen molar-refractivity contribution in [2.45, 2.75) is 19.8 Å². The van der Waals surface area contributed by atoms with Gasteiger partial charge in [-0.25, -0.2) is 0 Å². The van der Waals surface area contributed by atoms with E-state index in [1.807, 2.05) is 19.2 Å². The van der Waals surface area contributed by atoms with Crippen LogP contribution in [0.2, 0.25) is 0 Å². The quantitative estimate of drug-likeness (QED) is 0.607. The van der Waals surface area contributed by atoms with Crippen LogP contribution in [-0.2, 0) is 4.79 Å². The number of hydrogen-bond acceptors (Lipinski definition) is 2. The van der Waals surface area contributed by atoms with Crippen LogP contribution in [0.25, 0.3) is 0 Å². The molecule has 0 radical (unpaired) electrons. The standard InChI is InChI=1S/C9H14N2O/c1-2-4-9(12)11-7-3-5-10-6-8-11/h3,6-7H,2,4-5,8H2,1H3. The number of nitrogens with zero attached hydrogens (tertiary/aromatic N) is 2. The number of carbonyl (C=O) groups excluding carboxylic acids is 1. The minimum Gasteiger partial charge on any atom is -0.314 e. The molecule has 1 aliphatic heterocycles. The van der Waals surface area contributed by atoms with Gasteiger partial charge in [0.25, 0.3) is 0 Å². The van der Waals surface area contributed by atoms with Crippen LogP contribution in [0.15, 0.2) is 17.3 Å². The van der Waals surface area contributed by atoms with Crippen molar-refractivity contribution in [2.75, 3.05) is 13.1 Å². The highest BCUT2D eigenvalue weighted by molar-refractivity contribution is 5.80. The molecule has 0 unspecified atom stereocenters. The van der Waals surface area contributed by atoms with Crippen molar-refractivity contribution in [1.29, 1.82) is 0 Å². The van der Waals surface area contributed by atoms with Gasteiger partial charge >= 0.3 is 0 Å². The van der Waals surface area contributed by atoms with Crippen LogP contribution in [-0.4, -0.2) is 30.1 Å². The number of rotatable bonds is 2. The normalized spacial score (nSPS) is 16.2. The predicted octanol–water partition coefficient (Wildman–Crippen LogP) is 1.21. The minimum atomic E-state index is 0.183. The zero-order valence-corrected chi connectivity index (χ0v) is 7.36. The third kappa shape index (κ3) is 2.49. The van der Waals surface area contributed by atoms with Crippen LogP contribution in [0.4, 0.5) is 0 Å². The zero-order valence-electron chi connectivity index (χ0n) is 7.36. The average molecular weight is 166 g/mol. The van der Waals surface area contributed by atoms with E-state index in [1.54, 1.807) is 11.1 Å². The molecule has 0 aromatic heterocycles. The first kappa shape index (κ1) is 8.97. The number of aliphatic imine (C=N–C) groups is 1. The van der Waals surface area contributed by atoms with Crippen molar-refractivity contribution < 1.29 is 4.79 Å². The molecule has 0 fully saturated rings.